The third-order valence-corrected chi connectivity index (χ3v) is 3.34. The number of hydrogen-bond donors (Lipinski definition) is 1. The molecule has 2 rings (SSSR count). The van der Waals surface area contributed by atoms with Gasteiger partial charge in [0.05, 0.1) is 6.20 Å². The number of rotatable bonds is 5. The average molecular weight is 222 g/mol. The van der Waals surface area contributed by atoms with Gasteiger partial charge < -0.3 is 10.2 Å². The Bertz CT molecular complexity index is 321. The summed E-state index contributed by atoms with van der Waals surface area (Å²) in [6.07, 6.45) is 5.34. The van der Waals surface area contributed by atoms with Gasteiger partial charge >= 0.3 is 0 Å². The molecule has 0 saturated carbocycles. The summed E-state index contributed by atoms with van der Waals surface area (Å²) in [5.74, 6) is 0.830. The zero-order chi connectivity index (χ0) is 11.4. The number of aromatic nitrogens is 2. The predicted octanol–water partition coefficient (Wildman–Crippen LogP) is 0.851. The summed E-state index contributed by atoms with van der Waals surface area (Å²) in [6, 6.07) is 0. The first-order valence-corrected chi connectivity index (χ1v) is 6.18. The molecule has 1 aromatic heterocycles. The van der Waals surface area contributed by atoms with Crippen LogP contribution in [0.5, 0.6) is 0 Å². The lowest BCUT2D eigenvalue weighted by Crippen LogP contribution is -2.26. The van der Waals surface area contributed by atoms with Gasteiger partial charge in [0.15, 0.2) is 0 Å². The lowest BCUT2D eigenvalue weighted by molar-refractivity contribution is 0.339. The van der Waals surface area contributed by atoms with Crippen molar-refractivity contribution in [1.82, 2.24) is 20.0 Å². The van der Waals surface area contributed by atoms with Gasteiger partial charge in [-0.15, -0.1) is 0 Å². The molecule has 16 heavy (non-hydrogen) atoms. The normalized spacial score (nSPS) is 21.8. The number of aryl methyl sites for hydroxylation is 1. The van der Waals surface area contributed by atoms with Crippen LogP contribution >= 0.6 is 0 Å². The molecule has 1 aliphatic heterocycles. The van der Waals surface area contributed by atoms with Crippen LogP contribution in [0.15, 0.2) is 12.4 Å². The summed E-state index contributed by atoms with van der Waals surface area (Å²) in [6.45, 7) is 8.04. The summed E-state index contributed by atoms with van der Waals surface area (Å²) in [7, 11) is 1.96. The van der Waals surface area contributed by atoms with E-state index in [0.717, 1.165) is 19.0 Å². The third kappa shape index (κ3) is 3.06. The summed E-state index contributed by atoms with van der Waals surface area (Å²) >= 11 is 0. The fraction of sp³-hybridized carbons (Fsp3) is 0.750. The highest BCUT2D eigenvalue weighted by Gasteiger charge is 2.20. The molecule has 4 nitrogen and oxygen atoms in total. The fourth-order valence-electron chi connectivity index (χ4n) is 2.35. The molecule has 90 valence electrons. The molecule has 2 heterocycles. The highest BCUT2D eigenvalue weighted by atomic mass is 15.2. The van der Waals surface area contributed by atoms with Crippen LogP contribution in [-0.2, 0) is 13.6 Å². The van der Waals surface area contributed by atoms with Crippen molar-refractivity contribution in [3.63, 3.8) is 0 Å². The predicted molar refractivity (Wildman–Crippen MR) is 65.1 cm³/mol. The van der Waals surface area contributed by atoms with Crippen LogP contribution in [0.1, 0.15) is 18.9 Å². The minimum absolute atomic E-state index is 0.830. The Balaban J connectivity index is 1.65. The second kappa shape index (κ2) is 5.46. The second-order valence-corrected chi connectivity index (χ2v) is 4.70. The van der Waals surface area contributed by atoms with E-state index in [4.69, 9.17) is 0 Å². The van der Waals surface area contributed by atoms with Crippen LogP contribution in [0.2, 0.25) is 0 Å². The molecule has 0 bridgehead atoms. The lowest BCUT2D eigenvalue weighted by atomic mass is 10.1. The van der Waals surface area contributed by atoms with E-state index in [-0.39, 0.29) is 0 Å². The first-order valence-electron chi connectivity index (χ1n) is 6.18. The Morgan fingerprint density at radius 2 is 2.44 bits per heavy atom. The number of nitrogens with one attached hydrogen (secondary N) is 1. The summed E-state index contributed by atoms with van der Waals surface area (Å²) in [4.78, 5) is 2.52. The molecule has 1 fully saturated rings. The molecule has 4 heteroatoms. The first kappa shape index (κ1) is 11.6. The van der Waals surface area contributed by atoms with Gasteiger partial charge in [-0.2, -0.15) is 5.10 Å². The van der Waals surface area contributed by atoms with Crippen LogP contribution in [0.25, 0.3) is 0 Å². The number of hydrogen-bond acceptors (Lipinski definition) is 3. The van der Waals surface area contributed by atoms with E-state index >= 15 is 0 Å². The second-order valence-electron chi connectivity index (χ2n) is 4.70. The number of likely N-dealkylation sites (tertiary alicyclic amines) is 1. The molecule has 0 aromatic carbocycles. The van der Waals surface area contributed by atoms with Crippen LogP contribution < -0.4 is 5.32 Å². The lowest BCUT2D eigenvalue weighted by Gasteiger charge is -2.13. The molecule has 1 aromatic rings. The van der Waals surface area contributed by atoms with Gasteiger partial charge in [-0.1, -0.05) is 6.92 Å². The quantitative estimate of drug-likeness (QED) is 0.802. The highest BCUT2D eigenvalue weighted by molar-refractivity contribution is 5.02. The van der Waals surface area contributed by atoms with E-state index in [0.29, 0.717) is 0 Å². The van der Waals surface area contributed by atoms with Crippen molar-refractivity contribution in [2.24, 2.45) is 13.0 Å². The molecule has 0 aliphatic carbocycles. The van der Waals surface area contributed by atoms with Gasteiger partial charge in [-0.25, -0.2) is 0 Å². The Hall–Kier alpha value is -0.870. The van der Waals surface area contributed by atoms with Gasteiger partial charge in [0, 0.05) is 31.9 Å². The SMILES string of the molecule is CCN1CCC(CNCc2cnn(C)c2)C1. The standard InChI is InChI=1S/C12H22N4/c1-3-16-5-4-11(10-16)6-13-7-12-8-14-15(2)9-12/h8-9,11,13H,3-7,10H2,1-2H3. The Morgan fingerprint density at radius 3 is 3.06 bits per heavy atom. The van der Waals surface area contributed by atoms with Crippen molar-refractivity contribution >= 4 is 0 Å². The maximum Gasteiger partial charge on any atom is 0.0534 e. The van der Waals surface area contributed by atoms with Crippen molar-refractivity contribution in [3.8, 4) is 0 Å². The van der Waals surface area contributed by atoms with Crippen LogP contribution in [0.3, 0.4) is 0 Å². The Morgan fingerprint density at radius 1 is 1.56 bits per heavy atom. The van der Waals surface area contributed by atoms with Gasteiger partial charge in [-0.05, 0) is 32.0 Å². The van der Waals surface area contributed by atoms with Crippen molar-refractivity contribution in [2.45, 2.75) is 19.9 Å². The van der Waals surface area contributed by atoms with E-state index in [1.807, 2.05) is 17.9 Å². The minimum atomic E-state index is 0.830. The van der Waals surface area contributed by atoms with E-state index in [2.05, 4.69) is 28.4 Å². The van der Waals surface area contributed by atoms with Gasteiger partial charge in [0.1, 0.15) is 0 Å². The van der Waals surface area contributed by atoms with E-state index < -0.39 is 0 Å². The van der Waals surface area contributed by atoms with E-state index in [1.165, 1.54) is 31.6 Å². The first-order chi connectivity index (χ1) is 7.78. The minimum Gasteiger partial charge on any atom is -0.312 e. The van der Waals surface area contributed by atoms with Gasteiger partial charge in [0.2, 0.25) is 0 Å². The summed E-state index contributed by atoms with van der Waals surface area (Å²) < 4.78 is 1.85. The molecule has 1 unspecified atom stereocenters. The Kier molecular flexibility index (Phi) is 3.96. The summed E-state index contributed by atoms with van der Waals surface area (Å²) in [5.41, 5.74) is 1.27. The highest BCUT2D eigenvalue weighted by Crippen LogP contribution is 2.14. The van der Waals surface area contributed by atoms with E-state index in [9.17, 15) is 0 Å². The van der Waals surface area contributed by atoms with Crippen molar-refractivity contribution < 1.29 is 0 Å². The Labute approximate surface area is 97.6 Å². The maximum atomic E-state index is 4.16. The van der Waals surface area contributed by atoms with Crippen LogP contribution in [-0.4, -0.2) is 40.9 Å². The average Bonchev–Trinajstić information content (AvgIpc) is 2.88. The van der Waals surface area contributed by atoms with Crippen LogP contribution in [0.4, 0.5) is 0 Å². The zero-order valence-corrected chi connectivity index (χ0v) is 10.3. The molecule has 1 saturated heterocycles. The van der Waals surface area contributed by atoms with E-state index in [1.54, 1.807) is 0 Å². The van der Waals surface area contributed by atoms with Crippen molar-refractivity contribution in [1.29, 1.82) is 0 Å². The van der Waals surface area contributed by atoms with Crippen molar-refractivity contribution in [3.05, 3.63) is 18.0 Å². The molecule has 0 spiro atoms. The monoisotopic (exact) mass is 222 g/mol. The van der Waals surface area contributed by atoms with Gasteiger partial charge in [0.25, 0.3) is 0 Å². The molecule has 1 atom stereocenters. The number of nitrogens with zero attached hydrogens (tertiary/aromatic N) is 3. The van der Waals surface area contributed by atoms with Gasteiger partial charge in [-0.3, -0.25) is 4.68 Å². The smallest absolute Gasteiger partial charge is 0.0534 e. The molecule has 0 radical (unpaired) electrons. The summed E-state index contributed by atoms with van der Waals surface area (Å²) in [5, 5.41) is 7.68. The zero-order valence-electron chi connectivity index (χ0n) is 10.3. The largest absolute Gasteiger partial charge is 0.312 e. The molecular weight excluding hydrogens is 200 g/mol. The third-order valence-electron chi connectivity index (χ3n) is 3.34. The van der Waals surface area contributed by atoms with Crippen LogP contribution in [0, 0.1) is 5.92 Å². The molecule has 0 amide bonds. The maximum absolute atomic E-state index is 4.16. The topological polar surface area (TPSA) is 33.1 Å². The van der Waals surface area contributed by atoms with Crippen molar-refractivity contribution in [2.75, 3.05) is 26.2 Å². The molecular formula is C12H22N4. The fourth-order valence-corrected chi connectivity index (χ4v) is 2.35. The molecule has 1 N–H and O–H groups in total. The molecule has 1 aliphatic rings.